The largest absolute Gasteiger partial charge is 0.391 e. The number of nitrogens with zero attached hydrogens (tertiary/aromatic N) is 2. The maximum Gasteiger partial charge on any atom is 0.0933 e. The number of aromatic nitrogens is 2. The number of hydrogen-bond donors (Lipinski definition) is 1. The normalized spacial score (nSPS) is 18.5. The third-order valence-corrected chi connectivity index (χ3v) is 3.34. The molecule has 1 aromatic heterocycles. The first-order valence-electron chi connectivity index (χ1n) is 6.15. The fraction of sp³-hybridized carbons (Fsp3) is 0.267. The Bertz CT molecular complexity index is 559. The van der Waals surface area contributed by atoms with E-state index in [2.05, 4.69) is 17.1 Å². The van der Waals surface area contributed by atoms with Crippen LogP contribution in [-0.4, -0.2) is 15.3 Å². The first kappa shape index (κ1) is 14.8. The maximum absolute atomic E-state index is 10.1. The Labute approximate surface area is 138 Å². The summed E-state index contributed by atoms with van der Waals surface area (Å²) in [6.45, 7) is 2.05. The molecule has 3 rings (SSSR count). The molecular formula is C15H15N2OY-. The van der Waals surface area contributed by atoms with E-state index in [9.17, 15) is 5.11 Å². The van der Waals surface area contributed by atoms with Crippen molar-refractivity contribution in [1.82, 2.24) is 10.2 Å². The SMILES string of the molecule is C[C-]1Cc2nnc(-c3ccccc3)cc2C(O)C1.[Y]. The zero-order valence-corrected chi connectivity index (χ0v) is 13.7. The van der Waals surface area contributed by atoms with Gasteiger partial charge >= 0.3 is 0 Å². The first-order valence-corrected chi connectivity index (χ1v) is 6.15. The molecule has 1 aliphatic carbocycles. The van der Waals surface area contributed by atoms with E-state index < -0.39 is 6.10 Å². The molecule has 1 aliphatic rings. The summed E-state index contributed by atoms with van der Waals surface area (Å²) >= 11 is 0. The molecule has 0 spiro atoms. The summed E-state index contributed by atoms with van der Waals surface area (Å²) in [5.41, 5.74) is 3.69. The Kier molecular flexibility index (Phi) is 4.83. The molecule has 1 N–H and O–H groups in total. The van der Waals surface area contributed by atoms with Crippen molar-refractivity contribution in [3.8, 4) is 11.3 Å². The minimum atomic E-state index is -0.438. The van der Waals surface area contributed by atoms with Crippen LogP contribution in [0, 0.1) is 5.92 Å². The van der Waals surface area contributed by atoms with E-state index in [1.165, 1.54) is 5.92 Å². The molecule has 0 fully saturated rings. The van der Waals surface area contributed by atoms with Crippen molar-refractivity contribution in [3.05, 3.63) is 53.6 Å². The molecule has 95 valence electrons. The molecule has 0 aliphatic heterocycles. The van der Waals surface area contributed by atoms with E-state index in [1.807, 2.05) is 36.4 Å². The fourth-order valence-corrected chi connectivity index (χ4v) is 2.41. The molecular weight excluding hydrogens is 313 g/mol. The standard InChI is InChI=1S/C15H15N2O.Y/c1-10-7-14-12(15(18)8-10)9-13(16-17-14)11-5-3-2-4-6-11;/h2-6,9,15,18H,7-8H2,1H3;/q-1;. The smallest absolute Gasteiger partial charge is 0.0933 e. The molecule has 1 unspecified atom stereocenters. The zero-order chi connectivity index (χ0) is 12.5. The van der Waals surface area contributed by atoms with Gasteiger partial charge in [-0.1, -0.05) is 30.3 Å². The van der Waals surface area contributed by atoms with Crippen molar-refractivity contribution in [1.29, 1.82) is 0 Å². The summed E-state index contributed by atoms with van der Waals surface area (Å²) in [5, 5.41) is 18.6. The average Bonchev–Trinajstić information content (AvgIpc) is 2.39. The van der Waals surface area contributed by atoms with Gasteiger partial charge in [-0.2, -0.15) is 17.1 Å². The number of aliphatic hydroxyl groups is 1. The van der Waals surface area contributed by atoms with Gasteiger partial charge in [-0.25, -0.2) is 0 Å². The predicted molar refractivity (Wildman–Crippen MR) is 69.7 cm³/mol. The van der Waals surface area contributed by atoms with Crippen molar-refractivity contribution in [2.45, 2.75) is 25.9 Å². The van der Waals surface area contributed by atoms with Gasteiger partial charge in [0.05, 0.1) is 11.8 Å². The molecule has 1 aromatic carbocycles. The molecule has 3 nitrogen and oxygen atoms in total. The van der Waals surface area contributed by atoms with E-state index in [0.29, 0.717) is 0 Å². The van der Waals surface area contributed by atoms with Gasteiger partial charge in [0, 0.05) is 49.5 Å². The van der Waals surface area contributed by atoms with Crippen molar-refractivity contribution in [2.75, 3.05) is 0 Å². The summed E-state index contributed by atoms with van der Waals surface area (Å²) in [7, 11) is 0. The molecule has 4 heteroatoms. The summed E-state index contributed by atoms with van der Waals surface area (Å²) in [6.07, 6.45) is 1.12. The van der Waals surface area contributed by atoms with Crippen LogP contribution in [0.2, 0.25) is 0 Å². The molecule has 2 aromatic rings. The number of hydrogen-bond acceptors (Lipinski definition) is 3. The number of benzene rings is 1. The summed E-state index contributed by atoms with van der Waals surface area (Å²) < 4.78 is 0. The van der Waals surface area contributed by atoms with Gasteiger partial charge in [0.2, 0.25) is 0 Å². The summed E-state index contributed by atoms with van der Waals surface area (Å²) in [4.78, 5) is 0. The van der Waals surface area contributed by atoms with Crippen molar-refractivity contribution in [2.24, 2.45) is 0 Å². The van der Waals surface area contributed by atoms with Crippen LogP contribution in [0.3, 0.4) is 0 Å². The van der Waals surface area contributed by atoms with Crippen LogP contribution in [-0.2, 0) is 39.1 Å². The Morgan fingerprint density at radius 2 is 1.95 bits per heavy atom. The minimum absolute atomic E-state index is 0. The predicted octanol–water partition coefficient (Wildman–Crippen LogP) is 2.72. The van der Waals surface area contributed by atoms with Crippen LogP contribution in [0.25, 0.3) is 11.3 Å². The van der Waals surface area contributed by atoms with E-state index in [1.54, 1.807) is 0 Å². The number of rotatable bonds is 1. The average molecular weight is 328 g/mol. The van der Waals surface area contributed by atoms with Crippen molar-refractivity contribution < 1.29 is 37.8 Å². The second-order valence-electron chi connectivity index (χ2n) is 4.85. The van der Waals surface area contributed by atoms with Crippen LogP contribution in [0.5, 0.6) is 0 Å². The monoisotopic (exact) mass is 328 g/mol. The molecule has 0 saturated carbocycles. The fourth-order valence-electron chi connectivity index (χ4n) is 2.41. The molecule has 1 heterocycles. The second-order valence-corrected chi connectivity index (χ2v) is 4.85. The Hall–Kier alpha value is -0.636. The quantitative estimate of drug-likeness (QED) is 0.819. The second kappa shape index (κ2) is 6.21. The van der Waals surface area contributed by atoms with Gasteiger partial charge in [0.25, 0.3) is 0 Å². The van der Waals surface area contributed by atoms with Crippen LogP contribution < -0.4 is 0 Å². The Morgan fingerprint density at radius 1 is 1.21 bits per heavy atom. The molecule has 0 amide bonds. The van der Waals surface area contributed by atoms with Crippen LogP contribution in [0.1, 0.15) is 30.7 Å². The Balaban J connectivity index is 0.00000133. The Morgan fingerprint density at radius 3 is 2.68 bits per heavy atom. The summed E-state index contributed by atoms with van der Waals surface area (Å²) in [5.74, 6) is 1.26. The molecule has 19 heavy (non-hydrogen) atoms. The summed E-state index contributed by atoms with van der Waals surface area (Å²) in [6, 6.07) is 11.9. The van der Waals surface area contributed by atoms with E-state index in [4.69, 9.17) is 0 Å². The van der Waals surface area contributed by atoms with Gasteiger partial charge in [-0.15, -0.1) is 12.8 Å². The minimum Gasteiger partial charge on any atom is -0.391 e. The van der Waals surface area contributed by atoms with Gasteiger partial charge in [0.1, 0.15) is 0 Å². The van der Waals surface area contributed by atoms with Gasteiger partial charge < -0.3 is 11.0 Å². The number of fused-ring (bicyclic) bond motifs is 1. The molecule has 0 bridgehead atoms. The van der Waals surface area contributed by atoms with Crippen LogP contribution >= 0.6 is 0 Å². The van der Waals surface area contributed by atoms with E-state index in [-0.39, 0.29) is 32.7 Å². The van der Waals surface area contributed by atoms with E-state index in [0.717, 1.165) is 35.4 Å². The molecule has 0 saturated heterocycles. The van der Waals surface area contributed by atoms with Crippen LogP contribution in [0.15, 0.2) is 36.4 Å². The molecule has 1 radical (unpaired) electrons. The maximum atomic E-state index is 10.1. The van der Waals surface area contributed by atoms with E-state index >= 15 is 0 Å². The van der Waals surface area contributed by atoms with Gasteiger partial charge in [-0.05, 0) is 6.07 Å². The zero-order valence-electron chi connectivity index (χ0n) is 10.9. The first-order chi connectivity index (χ1) is 8.74. The third-order valence-electron chi connectivity index (χ3n) is 3.34. The third kappa shape index (κ3) is 3.10. The number of aliphatic hydroxyl groups excluding tert-OH is 1. The topological polar surface area (TPSA) is 46.0 Å². The van der Waals surface area contributed by atoms with Crippen molar-refractivity contribution >= 4 is 0 Å². The van der Waals surface area contributed by atoms with Gasteiger partial charge in [-0.3, -0.25) is 0 Å². The van der Waals surface area contributed by atoms with Crippen molar-refractivity contribution in [3.63, 3.8) is 0 Å². The molecule has 1 atom stereocenters. The van der Waals surface area contributed by atoms with Gasteiger partial charge in [0.15, 0.2) is 0 Å². The van der Waals surface area contributed by atoms with Crippen LogP contribution in [0.4, 0.5) is 0 Å².